The molecule has 0 spiro atoms. The van der Waals surface area contributed by atoms with Crippen molar-refractivity contribution in [1.82, 2.24) is 14.5 Å². The molecule has 272 valence electrons. The van der Waals surface area contributed by atoms with Gasteiger partial charge in [0.15, 0.2) is 0 Å². The van der Waals surface area contributed by atoms with E-state index in [1.807, 2.05) is 6.20 Å². The molecule has 1 aliphatic heterocycles. The molecular weight excluding hydrogens is 906 g/mol. The molecule has 4 nitrogen and oxygen atoms in total. The second-order valence-corrected chi connectivity index (χ2v) is 34.4. The molecule has 7 aromatic rings. The Morgan fingerprint density at radius 3 is 2.19 bits per heavy atom. The van der Waals surface area contributed by atoms with Crippen LogP contribution in [0.4, 0.5) is 0 Å². The normalized spacial score (nSPS) is 13.3. The van der Waals surface area contributed by atoms with Crippen molar-refractivity contribution in [3.8, 4) is 39.7 Å². The van der Waals surface area contributed by atoms with Gasteiger partial charge in [-0.3, -0.25) is 0 Å². The second kappa shape index (κ2) is 12.8. The number of hydrogen-bond acceptors (Lipinski definition) is 3. The van der Waals surface area contributed by atoms with E-state index in [9.17, 15) is 0 Å². The van der Waals surface area contributed by atoms with E-state index in [4.69, 9.17) is 14.7 Å². The van der Waals surface area contributed by atoms with Crippen molar-refractivity contribution < 1.29 is 25.8 Å². The molecule has 0 saturated heterocycles. The van der Waals surface area contributed by atoms with Crippen molar-refractivity contribution in [2.45, 2.75) is 89.3 Å². The molecule has 0 bridgehead atoms. The SMILES string of the molecule is CC(C)(C)c1cc(-c2[c-]c3c(c([Si](C)(C)C)c2)c2ccccc2n3-c2[c-]c3c(cc2)Oc2c[c]([Ge]([CH3])([CH3])[CH3])cc4ccnc-3c24)nc(C(C)(C)C)c1.[Pt+2]. The first kappa shape index (κ1) is 37.8. The topological polar surface area (TPSA) is 39.9 Å². The molecule has 0 saturated carbocycles. The third-order valence-corrected chi connectivity index (χ3v) is 16.8. The number of benzene rings is 4. The zero-order valence-corrected chi connectivity index (χ0v) is 38.4. The van der Waals surface area contributed by atoms with Crippen LogP contribution in [-0.4, -0.2) is 35.9 Å². The zero-order chi connectivity index (χ0) is 37.1. The minimum Gasteiger partial charge on any atom is -0.301 e. The molecule has 3 aromatic heterocycles. The van der Waals surface area contributed by atoms with Crippen LogP contribution in [0, 0.1) is 12.1 Å². The fourth-order valence-electron chi connectivity index (χ4n) is 7.44. The van der Waals surface area contributed by atoms with Gasteiger partial charge in [0.25, 0.3) is 0 Å². The summed E-state index contributed by atoms with van der Waals surface area (Å²) in [6, 6.07) is 34.5. The molecule has 8 rings (SSSR count). The first-order chi connectivity index (χ1) is 24.3. The van der Waals surface area contributed by atoms with E-state index in [0.717, 1.165) is 61.8 Å². The van der Waals surface area contributed by atoms with Gasteiger partial charge in [-0.15, -0.1) is 6.07 Å². The summed E-state index contributed by atoms with van der Waals surface area (Å²) in [7, 11) is -1.88. The van der Waals surface area contributed by atoms with Crippen molar-refractivity contribution in [1.29, 1.82) is 0 Å². The molecule has 4 heterocycles. The minimum absolute atomic E-state index is 0. The Hall–Kier alpha value is -3.51. The van der Waals surface area contributed by atoms with Crippen LogP contribution in [0.2, 0.25) is 36.9 Å². The average molecular weight is 956 g/mol. The van der Waals surface area contributed by atoms with Gasteiger partial charge in [0.1, 0.15) is 0 Å². The molecule has 0 fully saturated rings. The molecular formula is C46H49GeN3OPtSi. The van der Waals surface area contributed by atoms with Crippen molar-refractivity contribution in [2.75, 3.05) is 0 Å². The van der Waals surface area contributed by atoms with Gasteiger partial charge in [-0.05, 0) is 22.7 Å². The number of fused-ring (bicyclic) bond motifs is 5. The van der Waals surface area contributed by atoms with E-state index in [-0.39, 0.29) is 31.9 Å². The van der Waals surface area contributed by atoms with Gasteiger partial charge in [-0.25, -0.2) is 0 Å². The van der Waals surface area contributed by atoms with Gasteiger partial charge < -0.3 is 4.98 Å². The van der Waals surface area contributed by atoms with Gasteiger partial charge in [0.2, 0.25) is 0 Å². The summed E-state index contributed by atoms with van der Waals surface area (Å²) in [6.45, 7) is 20.9. The second-order valence-electron chi connectivity index (χ2n) is 18.7. The van der Waals surface area contributed by atoms with Crippen LogP contribution in [0.1, 0.15) is 52.8 Å². The molecule has 4 aromatic carbocycles. The van der Waals surface area contributed by atoms with Gasteiger partial charge >= 0.3 is 209 Å². The van der Waals surface area contributed by atoms with Crippen LogP contribution in [-0.2, 0) is 31.9 Å². The maximum Gasteiger partial charge on any atom is 2.00 e. The summed E-state index contributed by atoms with van der Waals surface area (Å²) >= 11 is -2.12. The van der Waals surface area contributed by atoms with E-state index < -0.39 is 21.3 Å². The molecule has 0 aliphatic carbocycles. The fourth-order valence-corrected chi connectivity index (χ4v) is 11.4. The van der Waals surface area contributed by atoms with Crippen LogP contribution in [0.25, 0.3) is 60.8 Å². The molecule has 0 unspecified atom stereocenters. The van der Waals surface area contributed by atoms with Crippen molar-refractivity contribution in [3.63, 3.8) is 0 Å². The maximum atomic E-state index is 6.69. The summed E-state index contributed by atoms with van der Waals surface area (Å²) in [4.78, 5) is 10.3. The summed E-state index contributed by atoms with van der Waals surface area (Å²) in [5.41, 5.74) is 9.23. The predicted molar refractivity (Wildman–Crippen MR) is 226 cm³/mol. The fraction of sp³-hybridized carbons (Fsp3) is 0.304. The van der Waals surface area contributed by atoms with Crippen molar-refractivity contribution >= 4 is 63.5 Å². The van der Waals surface area contributed by atoms with Crippen LogP contribution < -0.4 is 14.3 Å². The maximum absolute atomic E-state index is 6.69. The summed E-state index contributed by atoms with van der Waals surface area (Å²) in [5, 5.41) is 6.16. The Kier molecular flexibility index (Phi) is 9.11. The van der Waals surface area contributed by atoms with Gasteiger partial charge in [-0.2, -0.15) is 0 Å². The molecule has 0 radical (unpaired) electrons. The summed E-state index contributed by atoms with van der Waals surface area (Å²) < 4.78 is 10.5. The number of pyridine rings is 2. The quantitative estimate of drug-likeness (QED) is 0.130. The molecule has 0 amide bonds. The number of aromatic nitrogens is 3. The zero-order valence-electron chi connectivity index (χ0n) is 33.1. The molecule has 0 atom stereocenters. The van der Waals surface area contributed by atoms with E-state index in [0.29, 0.717) is 0 Å². The molecule has 1 aliphatic rings. The number of hydrogen-bond donors (Lipinski definition) is 0. The third kappa shape index (κ3) is 6.55. The van der Waals surface area contributed by atoms with E-state index in [2.05, 4.69) is 168 Å². The number of para-hydroxylation sites is 1. The number of nitrogens with zero attached hydrogens (tertiary/aromatic N) is 3. The third-order valence-electron chi connectivity index (χ3n) is 10.5. The predicted octanol–water partition coefficient (Wildman–Crippen LogP) is 11.4. The first-order valence-corrected chi connectivity index (χ1v) is 29.3. The summed E-state index contributed by atoms with van der Waals surface area (Å²) in [6.07, 6.45) is 1.93. The largest absolute Gasteiger partial charge is 2.00 e. The number of ether oxygens (including phenoxy) is 1. The minimum atomic E-state index is -2.12. The average Bonchev–Trinajstić information content (AvgIpc) is 3.40. The smallest absolute Gasteiger partial charge is 0.301 e. The van der Waals surface area contributed by atoms with Crippen molar-refractivity contribution in [2.24, 2.45) is 0 Å². The standard InChI is InChI=1S/C46H49GeN3OSi.Pt/c1-45(2,3)30-24-35(49-41(25-30)46(4,5)6)29-22-37-43(40(23-29)52(10,11)12)33-15-13-14-16-36(33)50(37)32-17-18-38-34(27-32)44-42-28(19-20-48-44)21-31(47(7,8)9)26-39(42)51-38;/h13-21,23-26H,1-12H3;/q-2;+2. The monoisotopic (exact) mass is 956 g/mol. The van der Waals surface area contributed by atoms with Gasteiger partial charge in [-0.1, -0.05) is 73.3 Å². The first-order valence-electron chi connectivity index (χ1n) is 18.5. The Morgan fingerprint density at radius 1 is 0.774 bits per heavy atom. The van der Waals surface area contributed by atoms with E-state index in [1.54, 1.807) is 0 Å². The molecule has 7 heteroatoms. The molecule has 0 N–H and O–H groups in total. The Bertz CT molecular complexity index is 2560. The van der Waals surface area contributed by atoms with Crippen LogP contribution >= 0.6 is 0 Å². The molecule has 53 heavy (non-hydrogen) atoms. The Morgan fingerprint density at radius 2 is 1.51 bits per heavy atom. The van der Waals surface area contributed by atoms with Crippen LogP contribution in [0.3, 0.4) is 0 Å². The van der Waals surface area contributed by atoms with Crippen LogP contribution in [0.15, 0.2) is 79.0 Å². The Balaban J connectivity index is 0.00000435. The number of rotatable bonds is 4. The summed E-state index contributed by atoms with van der Waals surface area (Å²) in [5.74, 6) is 8.97. The van der Waals surface area contributed by atoms with Gasteiger partial charge in [0, 0.05) is 11.1 Å². The van der Waals surface area contributed by atoms with Crippen LogP contribution in [0.5, 0.6) is 11.5 Å². The van der Waals surface area contributed by atoms with E-state index >= 15 is 0 Å². The van der Waals surface area contributed by atoms with Crippen molar-refractivity contribution in [3.05, 3.63) is 102 Å². The van der Waals surface area contributed by atoms with Gasteiger partial charge in [0.05, 0.1) is 8.07 Å². The van der Waals surface area contributed by atoms with E-state index in [1.165, 1.54) is 31.3 Å². The Labute approximate surface area is 333 Å².